The molecule has 0 saturated heterocycles. The first-order valence-electron chi connectivity index (χ1n) is 7.61. The number of anilines is 1. The molecule has 0 spiro atoms. The monoisotopic (exact) mass is 325 g/mol. The minimum atomic E-state index is -3.59. The van der Waals surface area contributed by atoms with Crippen molar-refractivity contribution in [3.63, 3.8) is 0 Å². The van der Waals surface area contributed by atoms with Gasteiger partial charge in [-0.2, -0.15) is 0 Å². The Bertz CT molecular complexity index is 945. The molecule has 3 rings (SSSR count). The van der Waals surface area contributed by atoms with Crippen LogP contribution in [0.1, 0.15) is 18.1 Å². The number of benzene rings is 3. The van der Waals surface area contributed by atoms with Crippen molar-refractivity contribution in [2.45, 2.75) is 25.2 Å². The molecular weight excluding hydrogens is 306 g/mol. The standard InChI is InChI=1S/C19H19NO2S/c1-3-15-8-11-17(12-9-15)23(21,22)20-19-6-4-5-16-10-7-14(2)13-18(16)19/h4-13,20H,3H2,1-2H3. The molecule has 0 amide bonds. The molecule has 1 N–H and O–H groups in total. The first-order chi connectivity index (χ1) is 11.0. The number of sulfonamides is 1. The van der Waals surface area contributed by atoms with Crippen LogP contribution in [0.25, 0.3) is 10.8 Å². The lowest BCUT2D eigenvalue weighted by molar-refractivity contribution is 0.601. The Balaban J connectivity index is 2.01. The van der Waals surface area contributed by atoms with E-state index in [0.717, 1.165) is 28.3 Å². The number of aryl methyl sites for hydroxylation is 2. The summed E-state index contributed by atoms with van der Waals surface area (Å²) < 4.78 is 28.0. The first-order valence-corrected chi connectivity index (χ1v) is 9.09. The van der Waals surface area contributed by atoms with Crippen LogP contribution < -0.4 is 4.72 Å². The van der Waals surface area contributed by atoms with Crippen LogP contribution in [0.2, 0.25) is 0 Å². The van der Waals surface area contributed by atoms with E-state index in [9.17, 15) is 8.42 Å². The summed E-state index contributed by atoms with van der Waals surface area (Å²) in [6, 6.07) is 18.6. The van der Waals surface area contributed by atoms with Crippen molar-refractivity contribution in [2.24, 2.45) is 0 Å². The van der Waals surface area contributed by atoms with E-state index in [2.05, 4.69) is 4.72 Å². The third kappa shape index (κ3) is 3.22. The van der Waals surface area contributed by atoms with Crippen LogP contribution in [0.5, 0.6) is 0 Å². The molecule has 0 aliphatic carbocycles. The predicted octanol–water partition coefficient (Wildman–Crippen LogP) is 4.51. The van der Waals surface area contributed by atoms with E-state index in [1.807, 2.05) is 56.3 Å². The molecule has 3 aromatic rings. The van der Waals surface area contributed by atoms with Gasteiger partial charge in [0, 0.05) is 5.39 Å². The van der Waals surface area contributed by atoms with Crippen LogP contribution in [0.4, 0.5) is 5.69 Å². The van der Waals surface area contributed by atoms with Gasteiger partial charge in [-0.15, -0.1) is 0 Å². The van der Waals surface area contributed by atoms with Gasteiger partial charge in [-0.05, 0) is 48.6 Å². The Morgan fingerprint density at radius 3 is 2.39 bits per heavy atom. The summed E-state index contributed by atoms with van der Waals surface area (Å²) in [5, 5.41) is 1.92. The van der Waals surface area contributed by atoms with E-state index in [-0.39, 0.29) is 4.90 Å². The highest BCUT2D eigenvalue weighted by Crippen LogP contribution is 2.26. The summed E-state index contributed by atoms with van der Waals surface area (Å²) in [6.07, 6.45) is 0.885. The minimum absolute atomic E-state index is 0.277. The van der Waals surface area contributed by atoms with Crippen molar-refractivity contribution in [2.75, 3.05) is 4.72 Å². The van der Waals surface area contributed by atoms with Gasteiger partial charge >= 0.3 is 0 Å². The topological polar surface area (TPSA) is 46.2 Å². The zero-order valence-electron chi connectivity index (χ0n) is 13.2. The predicted molar refractivity (Wildman–Crippen MR) is 95.3 cm³/mol. The van der Waals surface area contributed by atoms with Crippen molar-refractivity contribution in [1.82, 2.24) is 0 Å². The van der Waals surface area contributed by atoms with Crippen LogP contribution >= 0.6 is 0 Å². The van der Waals surface area contributed by atoms with Gasteiger partial charge in [0.2, 0.25) is 0 Å². The average molecular weight is 325 g/mol. The Labute approximate surface area is 137 Å². The van der Waals surface area contributed by atoms with Crippen LogP contribution in [-0.2, 0) is 16.4 Å². The molecule has 0 heterocycles. The summed E-state index contributed by atoms with van der Waals surface area (Å²) in [5.74, 6) is 0. The maximum Gasteiger partial charge on any atom is 0.261 e. The van der Waals surface area contributed by atoms with Gasteiger partial charge in [-0.25, -0.2) is 8.42 Å². The second-order valence-corrected chi connectivity index (χ2v) is 7.32. The van der Waals surface area contributed by atoms with E-state index in [4.69, 9.17) is 0 Å². The number of rotatable bonds is 4. The fourth-order valence-corrected chi connectivity index (χ4v) is 3.66. The molecule has 4 heteroatoms. The van der Waals surface area contributed by atoms with Crippen molar-refractivity contribution in [1.29, 1.82) is 0 Å². The molecular formula is C19H19NO2S. The second-order valence-electron chi connectivity index (χ2n) is 5.63. The Kier molecular flexibility index (Phi) is 4.09. The van der Waals surface area contributed by atoms with Crippen molar-refractivity contribution >= 4 is 26.5 Å². The number of fused-ring (bicyclic) bond motifs is 1. The lowest BCUT2D eigenvalue weighted by Gasteiger charge is -2.11. The Hall–Kier alpha value is -2.33. The second kappa shape index (κ2) is 6.05. The third-order valence-electron chi connectivity index (χ3n) is 3.92. The molecule has 0 atom stereocenters. The summed E-state index contributed by atoms with van der Waals surface area (Å²) in [5.41, 5.74) is 2.81. The largest absolute Gasteiger partial charge is 0.279 e. The van der Waals surface area contributed by atoms with Gasteiger partial charge in [0.1, 0.15) is 0 Å². The molecule has 0 aliphatic rings. The molecule has 23 heavy (non-hydrogen) atoms. The average Bonchev–Trinajstić information content (AvgIpc) is 2.55. The molecule has 0 aliphatic heterocycles. The smallest absolute Gasteiger partial charge is 0.261 e. The summed E-state index contributed by atoms with van der Waals surface area (Å²) in [7, 11) is -3.59. The van der Waals surface area contributed by atoms with Crippen molar-refractivity contribution in [3.8, 4) is 0 Å². The van der Waals surface area contributed by atoms with Gasteiger partial charge in [-0.3, -0.25) is 4.72 Å². The van der Waals surface area contributed by atoms with Gasteiger partial charge in [0.15, 0.2) is 0 Å². The first kappa shape index (κ1) is 15.6. The van der Waals surface area contributed by atoms with Crippen LogP contribution in [0.3, 0.4) is 0 Å². The summed E-state index contributed by atoms with van der Waals surface area (Å²) in [6.45, 7) is 4.04. The lowest BCUT2D eigenvalue weighted by atomic mass is 10.1. The van der Waals surface area contributed by atoms with E-state index in [1.54, 1.807) is 18.2 Å². The summed E-state index contributed by atoms with van der Waals surface area (Å²) >= 11 is 0. The Morgan fingerprint density at radius 1 is 0.957 bits per heavy atom. The van der Waals surface area contributed by atoms with Crippen molar-refractivity contribution < 1.29 is 8.42 Å². The van der Waals surface area contributed by atoms with Gasteiger partial charge in [0.05, 0.1) is 10.6 Å². The maximum absolute atomic E-state index is 12.6. The maximum atomic E-state index is 12.6. The SMILES string of the molecule is CCc1ccc(S(=O)(=O)Nc2cccc3ccc(C)cc23)cc1. The van der Waals surface area contributed by atoms with Crippen LogP contribution in [0.15, 0.2) is 65.6 Å². The fraction of sp³-hybridized carbons (Fsp3) is 0.158. The number of hydrogen-bond acceptors (Lipinski definition) is 2. The highest BCUT2D eigenvalue weighted by atomic mass is 32.2. The molecule has 118 valence electrons. The van der Waals surface area contributed by atoms with E-state index in [1.165, 1.54) is 0 Å². The highest BCUT2D eigenvalue weighted by Gasteiger charge is 2.15. The molecule has 3 nitrogen and oxygen atoms in total. The van der Waals surface area contributed by atoms with Crippen LogP contribution in [0, 0.1) is 6.92 Å². The molecule has 0 aromatic heterocycles. The minimum Gasteiger partial charge on any atom is -0.279 e. The zero-order valence-corrected chi connectivity index (χ0v) is 14.0. The molecule has 0 radical (unpaired) electrons. The molecule has 0 fully saturated rings. The number of hydrogen-bond donors (Lipinski definition) is 1. The van der Waals surface area contributed by atoms with Crippen LogP contribution in [-0.4, -0.2) is 8.42 Å². The van der Waals surface area contributed by atoms with Gasteiger partial charge in [0.25, 0.3) is 10.0 Å². The third-order valence-corrected chi connectivity index (χ3v) is 5.31. The normalized spacial score (nSPS) is 11.6. The molecule has 0 unspecified atom stereocenters. The zero-order chi connectivity index (χ0) is 16.4. The lowest BCUT2D eigenvalue weighted by Crippen LogP contribution is -2.13. The highest BCUT2D eigenvalue weighted by molar-refractivity contribution is 7.92. The van der Waals surface area contributed by atoms with E-state index in [0.29, 0.717) is 5.69 Å². The fourth-order valence-electron chi connectivity index (χ4n) is 2.58. The molecule has 3 aromatic carbocycles. The van der Waals surface area contributed by atoms with E-state index < -0.39 is 10.0 Å². The summed E-state index contributed by atoms with van der Waals surface area (Å²) in [4.78, 5) is 0.277. The number of nitrogens with one attached hydrogen (secondary N) is 1. The van der Waals surface area contributed by atoms with Gasteiger partial charge < -0.3 is 0 Å². The Morgan fingerprint density at radius 2 is 1.70 bits per heavy atom. The molecule has 0 saturated carbocycles. The van der Waals surface area contributed by atoms with E-state index >= 15 is 0 Å². The quantitative estimate of drug-likeness (QED) is 0.767. The molecule has 0 bridgehead atoms. The van der Waals surface area contributed by atoms with Gasteiger partial charge in [-0.1, -0.05) is 48.9 Å². The van der Waals surface area contributed by atoms with Crippen molar-refractivity contribution in [3.05, 3.63) is 71.8 Å².